The van der Waals surface area contributed by atoms with Crippen LogP contribution in [0.1, 0.15) is 103 Å². The van der Waals surface area contributed by atoms with Gasteiger partial charge in [-0.1, -0.05) is 69.8 Å². The second kappa shape index (κ2) is 19.0. The zero-order chi connectivity index (χ0) is 17.0. The van der Waals surface area contributed by atoms with Crippen molar-refractivity contribution in [2.75, 3.05) is 0 Å². The molecule has 0 bridgehead atoms. The minimum Gasteiger partial charge on any atom is -0.481 e. The van der Waals surface area contributed by atoms with Gasteiger partial charge in [0.1, 0.15) is 0 Å². The Balaban J connectivity index is 3.13. The molecule has 0 aromatic heterocycles. The van der Waals surface area contributed by atoms with E-state index in [1.165, 1.54) is 64.2 Å². The van der Waals surface area contributed by atoms with Gasteiger partial charge in [0.2, 0.25) is 0 Å². The van der Waals surface area contributed by atoms with Gasteiger partial charge in [-0.25, -0.2) is 0 Å². The van der Waals surface area contributed by atoms with Gasteiger partial charge in [-0.15, -0.1) is 0 Å². The largest absolute Gasteiger partial charge is 0.481 e. The molecule has 0 atom stereocenters. The predicted octanol–water partition coefficient (Wildman–Crippen LogP) is 7.05. The zero-order valence-corrected chi connectivity index (χ0v) is 15.3. The first-order chi connectivity index (χ1) is 11.3. The van der Waals surface area contributed by atoms with Gasteiger partial charge in [0.15, 0.2) is 0 Å². The first-order valence-electron chi connectivity index (χ1n) is 9.79. The fourth-order valence-corrected chi connectivity index (χ4v) is 2.56. The number of hydrogen-bond acceptors (Lipinski definition) is 1. The lowest BCUT2D eigenvalue weighted by Gasteiger charge is -1.99. The third-order valence-electron chi connectivity index (χ3n) is 4.06. The third kappa shape index (κ3) is 21.0. The lowest BCUT2D eigenvalue weighted by Crippen LogP contribution is -1.93. The number of hydrogen-bond donors (Lipinski definition) is 1. The highest BCUT2D eigenvalue weighted by Crippen LogP contribution is 2.09. The van der Waals surface area contributed by atoms with Crippen LogP contribution in [0.15, 0.2) is 24.3 Å². The topological polar surface area (TPSA) is 37.3 Å². The molecule has 0 spiro atoms. The van der Waals surface area contributed by atoms with Crippen molar-refractivity contribution in [3.63, 3.8) is 0 Å². The fourth-order valence-electron chi connectivity index (χ4n) is 2.56. The highest BCUT2D eigenvalue weighted by atomic mass is 16.4. The molecule has 0 radical (unpaired) electrons. The molecule has 0 aliphatic rings. The zero-order valence-electron chi connectivity index (χ0n) is 15.3. The van der Waals surface area contributed by atoms with Gasteiger partial charge in [-0.3, -0.25) is 4.79 Å². The summed E-state index contributed by atoms with van der Waals surface area (Å²) in [7, 11) is 0. The van der Waals surface area contributed by atoms with Crippen LogP contribution in [-0.4, -0.2) is 11.1 Å². The summed E-state index contributed by atoms with van der Waals surface area (Å²) in [5, 5.41) is 8.53. The van der Waals surface area contributed by atoms with E-state index in [4.69, 9.17) is 5.11 Å². The maximum absolute atomic E-state index is 10.4. The van der Waals surface area contributed by atoms with Crippen molar-refractivity contribution in [2.24, 2.45) is 0 Å². The van der Waals surface area contributed by atoms with Crippen molar-refractivity contribution in [3.05, 3.63) is 24.3 Å². The van der Waals surface area contributed by atoms with E-state index >= 15 is 0 Å². The van der Waals surface area contributed by atoms with E-state index in [0.717, 1.165) is 25.7 Å². The maximum Gasteiger partial charge on any atom is 0.303 e. The van der Waals surface area contributed by atoms with E-state index in [1.807, 2.05) is 0 Å². The molecule has 2 heteroatoms. The molecule has 0 saturated heterocycles. The molecule has 134 valence electrons. The predicted molar refractivity (Wildman–Crippen MR) is 101 cm³/mol. The van der Waals surface area contributed by atoms with E-state index in [-0.39, 0.29) is 0 Å². The lowest BCUT2D eigenvalue weighted by atomic mass is 10.1. The quantitative estimate of drug-likeness (QED) is 0.230. The summed E-state index contributed by atoms with van der Waals surface area (Å²) in [5.41, 5.74) is 0. The number of carbonyl (C=O) groups is 1. The normalized spacial score (nSPS) is 11.7. The Bertz CT molecular complexity index is 305. The average Bonchev–Trinajstić information content (AvgIpc) is 2.53. The van der Waals surface area contributed by atoms with E-state index in [0.29, 0.717) is 6.42 Å². The molecule has 0 heterocycles. The van der Waals surface area contributed by atoms with Crippen molar-refractivity contribution in [1.82, 2.24) is 0 Å². The number of allylic oxidation sites excluding steroid dienone is 4. The summed E-state index contributed by atoms with van der Waals surface area (Å²) in [6.07, 6.45) is 26.7. The second-order valence-corrected chi connectivity index (χ2v) is 6.42. The summed E-state index contributed by atoms with van der Waals surface area (Å²) < 4.78 is 0. The van der Waals surface area contributed by atoms with Crippen LogP contribution in [0.3, 0.4) is 0 Å². The Kier molecular flexibility index (Phi) is 18.1. The van der Waals surface area contributed by atoms with E-state index in [9.17, 15) is 4.79 Å². The van der Waals surface area contributed by atoms with Gasteiger partial charge < -0.3 is 5.11 Å². The Morgan fingerprint density at radius 2 is 1.04 bits per heavy atom. The van der Waals surface area contributed by atoms with Crippen molar-refractivity contribution < 1.29 is 9.90 Å². The van der Waals surface area contributed by atoms with Crippen LogP contribution in [0.25, 0.3) is 0 Å². The highest BCUT2D eigenvalue weighted by Gasteiger charge is 1.95. The molecule has 0 aromatic carbocycles. The summed E-state index contributed by atoms with van der Waals surface area (Å²) in [5.74, 6) is -0.673. The van der Waals surface area contributed by atoms with Crippen LogP contribution < -0.4 is 0 Å². The van der Waals surface area contributed by atoms with Crippen molar-refractivity contribution in [3.8, 4) is 0 Å². The van der Waals surface area contributed by atoms with Crippen LogP contribution in [0.2, 0.25) is 0 Å². The van der Waals surface area contributed by atoms with Crippen LogP contribution in [-0.2, 0) is 4.79 Å². The van der Waals surface area contributed by atoms with E-state index in [2.05, 4.69) is 31.2 Å². The van der Waals surface area contributed by atoms with E-state index < -0.39 is 5.97 Å². The second-order valence-electron chi connectivity index (χ2n) is 6.42. The van der Waals surface area contributed by atoms with Gasteiger partial charge in [-0.2, -0.15) is 0 Å². The Morgan fingerprint density at radius 1 is 0.652 bits per heavy atom. The SMILES string of the molecule is CCCCC=CCCCCCCCC=CCCCCCC(=O)O. The minimum absolute atomic E-state index is 0.318. The first-order valence-corrected chi connectivity index (χ1v) is 9.79. The number of unbranched alkanes of at least 4 members (excludes halogenated alkanes) is 11. The molecule has 0 saturated carbocycles. The Hall–Kier alpha value is -1.05. The molecular formula is C21H38O2. The van der Waals surface area contributed by atoms with Crippen LogP contribution in [0.4, 0.5) is 0 Å². The molecule has 0 unspecified atom stereocenters. The summed E-state index contributed by atoms with van der Waals surface area (Å²) in [6, 6.07) is 0. The summed E-state index contributed by atoms with van der Waals surface area (Å²) >= 11 is 0. The highest BCUT2D eigenvalue weighted by molar-refractivity contribution is 5.66. The van der Waals surface area contributed by atoms with Crippen LogP contribution in [0.5, 0.6) is 0 Å². The molecule has 0 aliphatic carbocycles. The smallest absolute Gasteiger partial charge is 0.303 e. The molecule has 0 rings (SSSR count). The third-order valence-corrected chi connectivity index (χ3v) is 4.06. The minimum atomic E-state index is -0.673. The molecule has 1 N–H and O–H groups in total. The molecule has 0 aliphatic heterocycles. The summed E-state index contributed by atoms with van der Waals surface area (Å²) in [4.78, 5) is 10.4. The lowest BCUT2D eigenvalue weighted by molar-refractivity contribution is -0.137. The van der Waals surface area contributed by atoms with Crippen molar-refractivity contribution >= 4 is 5.97 Å². The maximum atomic E-state index is 10.4. The average molecular weight is 323 g/mol. The number of aliphatic carboxylic acids is 1. The number of rotatable bonds is 17. The van der Waals surface area contributed by atoms with Gasteiger partial charge in [0.05, 0.1) is 0 Å². The van der Waals surface area contributed by atoms with Gasteiger partial charge in [-0.05, 0) is 51.4 Å². The summed E-state index contributed by atoms with van der Waals surface area (Å²) in [6.45, 7) is 2.24. The van der Waals surface area contributed by atoms with E-state index in [1.54, 1.807) is 0 Å². The van der Waals surface area contributed by atoms with Crippen LogP contribution in [0, 0.1) is 0 Å². The molecule has 0 fully saturated rings. The molecular weight excluding hydrogens is 284 g/mol. The number of carboxylic acid groups (broad SMARTS) is 1. The van der Waals surface area contributed by atoms with Gasteiger partial charge in [0.25, 0.3) is 0 Å². The van der Waals surface area contributed by atoms with Crippen molar-refractivity contribution in [2.45, 2.75) is 103 Å². The fraction of sp³-hybridized carbons (Fsp3) is 0.762. The van der Waals surface area contributed by atoms with Crippen molar-refractivity contribution in [1.29, 1.82) is 0 Å². The van der Waals surface area contributed by atoms with Gasteiger partial charge >= 0.3 is 5.97 Å². The van der Waals surface area contributed by atoms with Gasteiger partial charge in [0, 0.05) is 6.42 Å². The standard InChI is InChI=1S/C21H38O2/c1-2-3-4-5-6-7-8-9-10-11-12-13-14-15-16-17-18-19-20-21(22)23/h5-6,14-15H,2-4,7-13,16-20H2,1H3,(H,22,23). The first kappa shape index (κ1) is 21.9. The molecule has 0 amide bonds. The van der Waals surface area contributed by atoms with Crippen LogP contribution >= 0.6 is 0 Å². The molecule has 23 heavy (non-hydrogen) atoms. The Labute approximate surface area is 144 Å². The number of carboxylic acids is 1. The molecule has 2 nitrogen and oxygen atoms in total. The Morgan fingerprint density at radius 3 is 1.48 bits per heavy atom. The molecule has 0 aromatic rings. The monoisotopic (exact) mass is 322 g/mol.